The molecule has 21 heavy (non-hydrogen) atoms. The fourth-order valence-electron chi connectivity index (χ4n) is 2.75. The first-order chi connectivity index (χ1) is 10.1. The van der Waals surface area contributed by atoms with E-state index in [4.69, 9.17) is 10.5 Å². The maximum Gasteiger partial charge on any atom is 0.165 e. The molecule has 1 heterocycles. The summed E-state index contributed by atoms with van der Waals surface area (Å²) in [5.74, 6) is 1.18. The molecule has 0 saturated heterocycles. The molecule has 0 fully saturated rings. The normalized spacial score (nSPS) is 16.9. The van der Waals surface area contributed by atoms with Crippen LogP contribution in [0, 0.1) is 0 Å². The van der Waals surface area contributed by atoms with E-state index in [1.807, 2.05) is 30.3 Å². The van der Waals surface area contributed by atoms with Crippen LogP contribution < -0.4 is 10.5 Å². The fourth-order valence-corrected chi connectivity index (χ4v) is 3.13. The summed E-state index contributed by atoms with van der Waals surface area (Å²) in [7, 11) is 0. The van der Waals surface area contributed by atoms with Crippen LogP contribution in [0.4, 0.5) is 5.69 Å². The number of carbonyl (C=O) groups excluding carboxylic acids is 1. The number of fused-ring (bicyclic) bond motifs is 1. The quantitative estimate of drug-likeness (QED) is 0.670. The lowest BCUT2D eigenvalue weighted by Crippen LogP contribution is -2.17. The van der Waals surface area contributed by atoms with Crippen LogP contribution >= 0.6 is 15.9 Å². The van der Waals surface area contributed by atoms with Crippen molar-refractivity contribution in [1.82, 2.24) is 0 Å². The van der Waals surface area contributed by atoms with Crippen LogP contribution in [0.15, 0.2) is 46.9 Å². The molecule has 1 atom stereocenters. The van der Waals surface area contributed by atoms with E-state index in [0.717, 1.165) is 22.2 Å². The Balaban J connectivity index is 1.83. The number of para-hydroxylation sites is 1. The monoisotopic (exact) mass is 345 g/mol. The summed E-state index contributed by atoms with van der Waals surface area (Å²) in [4.78, 5) is 12.5. The number of ketones is 1. The second-order valence-corrected chi connectivity index (χ2v) is 6.15. The van der Waals surface area contributed by atoms with Crippen LogP contribution in [0.2, 0.25) is 0 Å². The minimum atomic E-state index is 0.0849. The summed E-state index contributed by atoms with van der Waals surface area (Å²) in [5, 5.41) is 0. The van der Waals surface area contributed by atoms with Crippen molar-refractivity contribution >= 4 is 27.4 Å². The minimum absolute atomic E-state index is 0.0849. The first-order valence-electron chi connectivity index (χ1n) is 6.95. The molecule has 0 amide bonds. The van der Waals surface area contributed by atoms with Crippen LogP contribution in [0.1, 0.15) is 34.7 Å². The molecule has 0 spiro atoms. The molecule has 2 N–H and O–H groups in total. The van der Waals surface area contributed by atoms with Gasteiger partial charge in [-0.15, -0.1) is 0 Å². The molecule has 0 bridgehead atoms. The van der Waals surface area contributed by atoms with Crippen LogP contribution in [0.3, 0.4) is 0 Å². The van der Waals surface area contributed by atoms with E-state index in [1.54, 1.807) is 12.1 Å². The van der Waals surface area contributed by atoms with Crippen molar-refractivity contribution in [3.63, 3.8) is 0 Å². The first kappa shape index (κ1) is 14.1. The van der Waals surface area contributed by atoms with Crippen molar-refractivity contribution in [2.45, 2.75) is 18.8 Å². The van der Waals surface area contributed by atoms with Crippen molar-refractivity contribution in [3.8, 4) is 5.75 Å². The number of benzene rings is 2. The van der Waals surface area contributed by atoms with Crippen molar-refractivity contribution in [2.24, 2.45) is 0 Å². The summed E-state index contributed by atoms with van der Waals surface area (Å²) in [5.41, 5.74) is 8.19. The van der Waals surface area contributed by atoms with Gasteiger partial charge in [0.25, 0.3) is 0 Å². The minimum Gasteiger partial charge on any atom is -0.493 e. The first-order valence-corrected chi connectivity index (χ1v) is 7.74. The van der Waals surface area contributed by atoms with Crippen molar-refractivity contribution in [2.75, 3.05) is 12.3 Å². The lowest BCUT2D eigenvalue weighted by atomic mass is 9.87. The van der Waals surface area contributed by atoms with Gasteiger partial charge in [0.05, 0.1) is 6.61 Å². The van der Waals surface area contributed by atoms with Crippen molar-refractivity contribution in [3.05, 3.63) is 58.1 Å². The third-order valence-electron chi connectivity index (χ3n) is 3.83. The van der Waals surface area contributed by atoms with E-state index in [0.29, 0.717) is 24.3 Å². The topological polar surface area (TPSA) is 52.3 Å². The molecule has 108 valence electrons. The molecule has 2 aromatic rings. The third-order valence-corrected chi connectivity index (χ3v) is 4.32. The predicted molar refractivity (Wildman–Crippen MR) is 86.8 cm³/mol. The molecule has 4 heteroatoms. The number of rotatable bonds is 3. The van der Waals surface area contributed by atoms with Crippen LogP contribution in [0.25, 0.3) is 0 Å². The Labute approximate surface area is 132 Å². The summed E-state index contributed by atoms with van der Waals surface area (Å²) >= 11 is 3.36. The Kier molecular flexibility index (Phi) is 3.97. The Morgan fingerprint density at radius 3 is 2.90 bits per heavy atom. The number of nitrogen functional groups attached to an aromatic ring is 1. The van der Waals surface area contributed by atoms with E-state index in [9.17, 15) is 4.79 Å². The Morgan fingerprint density at radius 1 is 1.29 bits per heavy atom. The maximum atomic E-state index is 12.5. The number of nitrogens with two attached hydrogens (primary N) is 1. The van der Waals surface area contributed by atoms with Gasteiger partial charge in [-0.3, -0.25) is 4.79 Å². The molecule has 1 aliphatic rings. The smallest absolute Gasteiger partial charge is 0.165 e. The largest absolute Gasteiger partial charge is 0.493 e. The van der Waals surface area contributed by atoms with Gasteiger partial charge in [0, 0.05) is 22.1 Å². The van der Waals surface area contributed by atoms with Gasteiger partial charge >= 0.3 is 0 Å². The molecule has 3 nitrogen and oxygen atoms in total. The molecular formula is C17H16BrNO2. The van der Waals surface area contributed by atoms with Gasteiger partial charge in [-0.1, -0.05) is 34.1 Å². The maximum absolute atomic E-state index is 12.5. The highest BCUT2D eigenvalue weighted by atomic mass is 79.9. The Hall–Kier alpha value is -1.81. The Bertz CT molecular complexity index is 684. The zero-order chi connectivity index (χ0) is 14.8. The Morgan fingerprint density at radius 2 is 2.10 bits per heavy atom. The average Bonchev–Trinajstić information content (AvgIpc) is 2.47. The summed E-state index contributed by atoms with van der Waals surface area (Å²) in [6.45, 7) is 0.658. The second kappa shape index (κ2) is 5.90. The van der Waals surface area contributed by atoms with Crippen molar-refractivity contribution < 1.29 is 9.53 Å². The summed E-state index contributed by atoms with van der Waals surface area (Å²) < 4.78 is 6.52. The molecule has 2 aromatic carbocycles. The van der Waals surface area contributed by atoms with Crippen LogP contribution in [-0.2, 0) is 0 Å². The highest BCUT2D eigenvalue weighted by Crippen LogP contribution is 2.36. The molecule has 0 saturated carbocycles. The predicted octanol–water partition coefficient (Wildman–Crippen LogP) is 4.17. The van der Waals surface area contributed by atoms with Gasteiger partial charge < -0.3 is 10.5 Å². The van der Waals surface area contributed by atoms with E-state index in [2.05, 4.69) is 15.9 Å². The van der Waals surface area contributed by atoms with Crippen LogP contribution in [0.5, 0.6) is 5.75 Å². The number of hydrogen-bond acceptors (Lipinski definition) is 3. The van der Waals surface area contributed by atoms with E-state index in [-0.39, 0.29) is 11.7 Å². The van der Waals surface area contributed by atoms with E-state index in [1.165, 1.54) is 0 Å². The lowest BCUT2D eigenvalue weighted by molar-refractivity contribution is 0.0966. The molecule has 1 aliphatic heterocycles. The molecule has 1 unspecified atom stereocenters. The van der Waals surface area contributed by atoms with Crippen LogP contribution in [-0.4, -0.2) is 12.4 Å². The second-order valence-electron chi connectivity index (χ2n) is 5.23. The van der Waals surface area contributed by atoms with Gasteiger partial charge in [-0.05, 0) is 42.2 Å². The number of ether oxygens (including phenoxy) is 1. The van der Waals surface area contributed by atoms with Gasteiger partial charge in [-0.25, -0.2) is 0 Å². The summed E-state index contributed by atoms with van der Waals surface area (Å²) in [6.07, 6.45) is 1.32. The highest BCUT2D eigenvalue weighted by Gasteiger charge is 2.24. The number of hydrogen-bond donors (Lipinski definition) is 1. The average molecular weight is 346 g/mol. The molecule has 3 rings (SSSR count). The van der Waals surface area contributed by atoms with Gasteiger partial charge in [0.2, 0.25) is 0 Å². The highest BCUT2D eigenvalue weighted by molar-refractivity contribution is 9.10. The van der Waals surface area contributed by atoms with Crippen molar-refractivity contribution in [1.29, 1.82) is 0 Å². The van der Waals surface area contributed by atoms with Gasteiger partial charge in [-0.2, -0.15) is 0 Å². The zero-order valence-corrected chi connectivity index (χ0v) is 13.1. The summed E-state index contributed by atoms with van der Waals surface area (Å²) in [6, 6.07) is 13.3. The molecule has 0 aromatic heterocycles. The number of anilines is 1. The number of halogens is 1. The molecule has 0 radical (unpaired) electrons. The molecular weight excluding hydrogens is 330 g/mol. The van der Waals surface area contributed by atoms with Gasteiger partial charge in [0.15, 0.2) is 5.78 Å². The number of Topliss-reactive ketones (excluding diaryl/α,β-unsaturated/α-hetero) is 1. The zero-order valence-electron chi connectivity index (χ0n) is 11.5. The van der Waals surface area contributed by atoms with Gasteiger partial charge in [0.1, 0.15) is 5.75 Å². The standard InChI is InChI=1S/C17H16BrNO2/c18-12-5-6-14(15(19)10-12)16(20)9-11-7-8-21-17-4-2-1-3-13(11)17/h1-6,10-11H,7-9,19H2. The van der Waals surface area contributed by atoms with E-state index >= 15 is 0 Å². The molecule has 0 aliphatic carbocycles. The third kappa shape index (κ3) is 2.95. The lowest BCUT2D eigenvalue weighted by Gasteiger charge is -2.25. The fraction of sp³-hybridized carbons (Fsp3) is 0.235. The number of carbonyl (C=O) groups is 1. The van der Waals surface area contributed by atoms with E-state index < -0.39 is 0 Å². The SMILES string of the molecule is Nc1cc(Br)ccc1C(=O)CC1CCOc2ccccc21.